The Bertz CT molecular complexity index is 774. The fourth-order valence-electron chi connectivity index (χ4n) is 1.96. The highest BCUT2D eigenvalue weighted by atomic mass is 32.2. The summed E-state index contributed by atoms with van der Waals surface area (Å²) in [5.74, 6) is -0.620. The largest absolute Gasteiger partial charge is 0.311 e. The number of para-hydroxylation sites is 1. The molecule has 102 valence electrons. The lowest BCUT2D eigenvalue weighted by molar-refractivity contribution is -0.130. The zero-order valence-electron chi connectivity index (χ0n) is 10.6. The third-order valence-electron chi connectivity index (χ3n) is 2.88. The van der Waals surface area contributed by atoms with E-state index in [0.717, 1.165) is 16.6 Å². The summed E-state index contributed by atoms with van der Waals surface area (Å²) in [5.41, 5.74) is 0.929. The molecule has 1 amide bonds. The minimum atomic E-state index is -0.620. The molecule has 0 radical (unpaired) electrons. The van der Waals surface area contributed by atoms with Crippen molar-refractivity contribution >= 4 is 45.4 Å². The predicted molar refractivity (Wildman–Crippen MR) is 83.4 cm³/mol. The lowest BCUT2D eigenvalue weighted by atomic mass is 10.2. The molecule has 0 spiro atoms. The van der Waals surface area contributed by atoms with Crippen LogP contribution < -0.4 is 4.90 Å². The van der Waals surface area contributed by atoms with Gasteiger partial charge in [0, 0.05) is 10.6 Å². The van der Waals surface area contributed by atoms with E-state index in [1.54, 1.807) is 30.3 Å². The Morgan fingerprint density at radius 1 is 1.10 bits per heavy atom. The second-order valence-corrected chi connectivity index (χ2v) is 6.04. The first-order valence-corrected chi connectivity index (χ1v) is 7.71. The molecule has 1 aromatic carbocycles. The van der Waals surface area contributed by atoms with E-state index in [1.165, 1.54) is 16.2 Å². The van der Waals surface area contributed by atoms with Crippen LogP contribution in [0.2, 0.25) is 0 Å². The fraction of sp³-hybridized carbons (Fsp3) is 0. The zero-order valence-corrected chi connectivity index (χ0v) is 12.3. The highest BCUT2D eigenvalue weighted by Crippen LogP contribution is 2.40. The molecule has 1 aromatic heterocycles. The molecule has 0 unspecified atom stereocenters. The summed E-state index contributed by atoms with van der Waals surface area (Å²) in [4.78, 5) is 26.0. The van der Waals surface area contributed by atoms with E-state index < -0.39 is 11.0 Å². The smallest absolute Gasteiger partial charge is 0.276 e. The second kappa shape index (κ2) is 5.56. The molecule has 1 aliphatic heterocycles. The number of hydrogen-bond acceptors (Lipinski definition) is 5. The molecule has 0 bridgehead atoms. The van der Waals surface area contributed by atoms with Crippen LogP contribution in [-0.4, -0.2) is 11.0 Å². The van der Waals surface area contributed by atoms with Gasteiger partial charge in [0.05, 0.1) is 0 Å². The molecule has 21 heavy (non-hydrogen) atoms. The van der Waals surface area contributed by atoms with Gasteiger partial charge in [0.25, 0.3) is 5.12 Å². The summed E-state index contributed by atoms with van der Waals surface area (Å²) in [5, 5.41) is 11.1. The van der Waals surface area contributed by atoms with Crippen molar-refractivity contribution < 1.29 is 9.59 Å². The van der Waals surface area contributed by atoms with Gasteiger partial charge < -0.3 is 0 Å². The maximum absolute atomic E-state index is 12.1. The van der Waals surface area contributed by atoms with Crippen LogP contribution in [0, 0.1) is 11.3 Å². The summed E-state index contributed by atoms with van der Waals surface area (Å²) in [6.45, 7) is 0. The molecule has 1 saturated heterocycles. The van der Waals surface area contributed by atoms with E-state index in [-0.39, 0.29) is 0 Å². The number of thiophene rings is 1. The maximum atomic E-state index is 12.1. The zero-order chi connectivity index (χ0) is 14.8. The van der Waals surface area contributed by atoms with E-state index in [4.69, 9.17) is 0 Å². The molecule has 4 nitrogen and oxygen atoms in total. The van der Waals surface area contributed by atoms with Crippen LogP contribution in [0.1, 0.15) is 4.88 Å². The lowest BCUT2D eigenvalue weighted by Crippen LogP contribution is -2.26. The van der Waals surface area contributed by atoms with Crippen molar-refractivity contribution in [2.24, 2.45) is 0 Å². The van der Waals surface area contributed by atoms with Crippen LogP contribution in [0.5, 0.6) is 0 Å². The van der Waals surface area contributed by atoms with Crippen LogP contribution in [-0.2, 0) is 9.59 Å². The average molecular weight is 312 g/mol. The predicted octanol–water partition coefficient (Wildman–Crippen LogP) is 3.25. The first-order valence-electron chi connectivity index (χ1n) is 6.02. The van der Waals surface area contributed by atoms with Gasteiger partial charge in [-0.25, -0.2) is 0 Å². The molecule has 0 atom stereocenters. The Kier molecular flexibility index (Phi) is 3.60. The molecule has 2 heterocycles. The molecule has 0 aliphatic carbocycles. The number of anilines is 1. The number of rotatable bonds is 2. The van der Waals surface area contributed by atoms with Crippen LogP contribution in [0.3, 0.4) is 0 Å². The third-order valence-corrected chi connectivity index (χ3v) is 4.71. The monoisotopic (exact) mass is 312 g/mol. The standard InChI is InChI=1S/C15H8N2O2S2/c16-9-11(12-7-4-8-20-12)14-17(13(18)15(19)21-14)10-5-2-1-3-6-10/h1-8H/b14-11+. The SMILES string of the molecule is N#C/C(=C1\SC(=O)C(=O)N1c1ccccc1)c1cccs1. The fourth-order valence-corrected chi connectivity index (χ4v) is 3.64. The van der Waals surface area contributed by atoms with Crippen molar-refractivity contribution in [2.45, 2.75) is 0 Å². The summed E-state index contributed by atoms with van der Waals surface area (Å²) in [6, 6.07) is 14.6. The number of amides is 1. The van der Waals surface area contributed by atoms with Gasteiger partial charge in [-0.1, -0.05) is 24.3 Å². The molecular formula is C15H8N2O2S2. The summed E-state index contributed by atoms with van der Waals surface area (Å²) >= 11 is 2.21. The average Bonchev–Trinajstić information content (AvgIpc) is 3.11. The Hall–Kier alpha value is -2.36. The normalized spacial score (nSPS) is 17.0. The van der Waals surface area contributed by atoms with Gasteiger partial charge in [0.15, 0.2) is 0 Å². The highest BCUT2D eigenvalue weighted by Gasteiger charge is 2.38. The number of carbonyl (C=O) groups excluding carboxylic acids is 2. The molecule has 3 rings (SSSR count). The Morgan fingerprint density at radius 2 is 1.86 bits per heavy atom. The Labute approximate surface area is 129 Å². The van der Waals surface area contributed by atoms with Crippen molar-refractivity contribution in [1.82, 2.24) is 0 Å². The molecule has 1 fully saturated rings. The molecule has 0 N–H and O–H groups in total. The number of hydrogen-bond donors (Lipinski definition) is 0. The molecule has 1 aliphatic rings. The number of thioether (sulfide) groups is 1. The third kappa shape index (κ3) is 2.37. The van der Waals surface area contributed by atoms with E-state index in [1.807, 2.05) is 17.5 Å². The van der Waals surface area contributed by atoms with Crippen LogP contribution >= 0.6 is 23.1 Å². The Balaban J connectivity index is 2.18. The number of benzene rings is 1. The quantitative estimate of drug-likeness (QED) is 0.631. The van der Waals surface area contributed by atoms with Crippen molar-refractivity contribution in [3.63, 3.8) is 0 Å². The number of nitrogens with zero attached hydrogens (tertiary/aromatic N) is 2. The van der Waals surface area contributed by atoms with Crippen LogP contribution in [0.4, 0.5) is 5.69 Å². The topological polar surface area (TPSA) is 61.2 Å². The molecule has 0 saturated carbocycles. The van der Waals surface area contributed by atoms with Crippen molar-refractivity contribution in [2.75, 3.05) is 4.90 Å². The summed E-state index contributed by atoms with van der Waals surface area (Å²) < 4.78 is 0. The minimum absolute atomic E-state index is 0.345. The van der Waals surface area contributed by atoms with E-state index in [2.05, 4.69) is 6.07 Å². The van der Waals surface area contributed by atoms with Crippen LogP contribution in [0.15, 0.2) is 52.9 Å². The molecule has 2 aromatic rings. The Morgan fingerprint density at radius 3 is 2.48 bits per heavy atom. The van der Waals surface area contributed by atoms with Gasteiger partial charge in [-0.2, -0.15) is 5.26 Å². The molecule has 6 heteroatoms. The number of carbonyl (C=O) groups is 2. The first-order chi connectivity index (χ1) is 10.2. The highest BCUT2D eigenvalue weighted by molar-refractivity contribution is 8.19. The van der Waals surface area contributed by atoms with E-state index in [9.17, 15) is 14.9 Å². The van der Waals surface area contributed by atoms with Gasteiger partial charge in [-0.3, -0.25) is 14.5 Å². The lowest BCUT2D eigenvalue weighted by Gasteiger charge is -2.16. The van der Waals surface area contributed by atoms with E-state index in [0.29, 0.717) is 16.3 Å². The first kappa shape index (κ1) is 13.6. The van der Waals surface area contributed by atoms with Crippen molar-refractivity contribution in [3.05, 3.63) is 57.8 Å². The van der Waals surface area contributed by atoms with Gasteiger partial charge >= 0.3 is 5.91 Å². The van der Waals surface area contributed by atoms with Crippen LogP contribution in [0.25, 0.3) is 5.57 Å². The van der Waals surface area contributed by atoms with Gasteiger partial charge in [0.1, 0.15) is 16.7 Å². The van der Waals surface area contributed by atoms with Gasteiger partial charge in [-0.05, 0) is 35.3 Å². The summed E-state index contributed by atoms with van der Waals surface area (Å²) in [7, 11) is 0. The number of nitriles is 1. The van der Waals surface area contributed by atoms with Gasteiger partial charge in [-0.15, -0.1) is 11.3 Å². The molecular weight excluding hydrogens is 304 g/mol. The minimum Gasteiger partial charge on any atom is -0.276 e. The maximum Gasteiger partial charge on any atom is 0.311 e. The number of allylic oxidation sites excluding steroid dienone is 1. The summed E-state index contributed by atoms with van der Waals surface area (Å²) in [6.07, 6.45) is 0. The van der Waals surface area contributed by atoms with Crippen molar-refractivity contribution in [3.8, 4) is 6.07 Å². The second-order valence-electron chi connectivity index (χ2n) is 4.13. The van der Waals surface area contributed by atoms with E-state index >= 15 is 0 Å². The van der Waals surface area contributed by atoms with Gasteiger partial charge in [0.2, 0.25) is 0 Å². The van der Waals surface area contributed by atoms with Crippen molar-refractivity contribution in [1.29, 1.82) is 5.26 Å².